The highest BCUT2D eigenvalue weighted by atomic mass is 35.5. The number of benzene rings is 3. The largest absolute Gasteiger partial charge is 0.376 e. The molecule has 1 atom stereocenters. The lowest BCUT2D eigenvalue weighted by Crippen LogP contribution is -2.37. The Morgan fingerprint density at radius 3 is 2.35 bits per heavy atom. The maximum Gasteiger partial charge on any atom is 0.255 e. The molecule has 0 saturated carbocycles. The van der Waals surface area contributed by atoms with Gasteiger partial charge in [-0.3, -0.25) is 4.79 Å². The molecular formula is C30H29Cl2N3O4S. The highest BCUT2D eigenvalue weighted by molar-refractivity contribution is 7.90. The second kappa shape index (κ2) is 12.6. The van der Waals surface area contributed by atoms with Gasteiger partial charge in [-0.15, -0.1) is 0 Å². The normalized spacial score (nSPS) is 15.3. The van der Waals surface area contributed by atoms with Crippen LogP contribution in [0, 0.1) is 0 Å². The van der Waals surface area contributed by atoms with Gasteiger partial charge in [-0.1, -0.05) is 83.9 Å². The summed E-state index contributed by atoms with van der Waals surface area (Å²) in [6.07, 6.45) is 3.17. The third kappa shape index (κ3) is 6.75. The topological polar surface area (TPSA) is 81.5 Å². The van der Waals surface area contributed by atoms with Crippen molar-refractivity contribution in [3.05, 3.63) is 117 Å². The molecule has 1 aromatic heterocycles. The standard InChI is InChI=1S/C30H29Cl2N3O4S/c31-24-13-14-27(28(32)16-24)29(36)34(20-26-12-7-15-39-26)19-25-17-33-30(35(25)18-22-8-3-1-4-9-22)40(37,38)21-23-10-5-2-6-11-23/h1-6,8-11,13-14,16-17,26H,7,12,15,18-21H2/t26-/m1/s1. The summed E-state index contributed by atoms with van der Waals surface area (Å²) in [5.74, 6) is -0.476. The monoisotopic (exact) mass is 597 g/mol. The van der Waals surface area contributed by atoms with E-state index in [1.54, 1.807) is 39.9 Å². The van der Waals surface area contributed by atoms with Gasteiger partial charge in [0.15, 0.2) is 0 Å². The second-order valence-electron chi connectivity index (χ2n) is 9.79. The first-order valence-electron chi connectivity index (χ1n) is 13.0. The van der Waals surface area contributed by atoms with E-state index < -0.39 is 9.84 Å². The van der Waals surface area contributed by atoms with Gasteiger partial charge in [0.05, 0.1) is 47.4 Å². The molecule has 5 rings (SSSR count). The van der Waals surface area contributed by atoms with Crippen molar-refractivity contribution < 1.29 is 17.9 Å². The summed E-state index contributed by atoms with van der Waals surface area (Å²) in [5, 5.41) is 0.643. The highest BCUT2D eigenvalue weighted by Crippen LogP contribution is 2.26. The molecule has 1 amide bonds. The summed E-state index contributed by atoms with van der Waals surface area (Å²) in [5.41, 5.74) is 2.49. The van der Waals surface area contributed by atoms with Crippen LogP contribution in [-0.4, -0.2) is 48.0 Å². The quantitative estimate of drug-likeness (QED) is 0.223. The number of amides is 1. The lowest BCUT2D eigenvalue weighted by Gasteiger charge is -2.26. The van der Waals surface area contributed by atoms with E-state index >= 15 is 0 Å². The molecule has 40 heavy (non-hydrogen) atoms. The van der Waals surface area contributed by atoms with Crippen LogP contribution in [0.2, 0.25) is 10.0 Å². The molecule has 1 aliphatic heterocycles. The molecule has 7 nitrogen and oxygen atoms in total. The average Bonchev–Trinajstić information content (AvgIpc) is 3.59. The van der Waals surface area contributed by atoms with Gasteiger partial charge >= 0.3 is 0 Å². The molecule has 1 aliphatic rings. The van der Waals surface area contributed by atoms with Crippen LogP contribution >= 0.6 is 23.2 Å². The van der Waals surface area contributed by atoms with Gasteiger partial charge in [0.25, 0.3) is 5.91 Å². The number of carbonyl (C=O) groups excluding carboxylic acids is 1. The third-order valence-electron chi connectivity index (χ3n) is 6.81. The van der Waals surface area contributed by atoms with Crippen molar-refractivity contribution in [3.63, 3.8) is 0 Å². The molecule has 3 aromatic carbocycles. The molecule has 0 N–H and O–H groups in total. The molecule has 0 aliphatic carbocycles. The first kappa shape index (κ1) is 28.4. The summed E-state index contributed by atoms with van der Waals surface area (Å²) in [6, 6.07) is 23.4. The first-order valence-corrected chi connectivity index (χ1v) is 15.4. The van der Waals surface area contributed by atoms with Gasteiger partial charge in [0.1, 0.15) is 0 Å². The van der Waals surface area contributed by atoms with Gasteiger partial charge in [-0.2, -0.15) is 0 Å². The second-order valence-corrected chi connectivity index (χ2v) is 12.5. The van der Waals surface area contributed by atoms with E-state index in [1.807, 2.05) is 48.5 Å². The maximum atomic E-state index is 13.8. The first-order chi connectivity index (χ1) is 19.3. The Labute approximate surface area is 244 Å². The van der Waals surface area contributed by atoms with Gasteiger partial charge in [0.2, 0.25) is 15.0 Å². The van der Waals surface area contributed by atoms with Crippen LogP contribution in [0.1, 0.15) is 40.0 Å². The zero-order valence-corrected chi connectivity index (χ0v) is 24.1. The molecule has 1 fully saturated rings. The van der Waals surface area contributed by atoms with Gasteiger partial charge in [-0.05, 0) is 42.2 Å². The van der Waals surface area contributed by atoms with Crippen LogP contribution < -0.4 is 0 Å². The molecular weight excluding hydrogens is 569 g/mol. The summed E-state index contributed by atoms with van der Waals surface area (Å²) >= 11 is 12.5. The van der Waals surface area contributed by atoms with E-state index in [4.69, 9.17) is 27.9 Å². The van der Waals surface area contributed by atoms with Crippen molar-refractivity contribution in [2.75, 3.05) is 13.2 Å². The van der Waals surface area contributed by atoms with E-state index in [0.29, 0.717) is 35.0 Å². The SMILES string of the molecule is O=C(c1ccc(Cl)cc1Cl)N(Cc1cnc(S(=O)(=O)Cc2ccccc2)n1Cc1ccccc1)C[C@H]1CCCO1. The van der Waals surface area contributed by atoms with Crippen LogP contribution in [-0.2, 0) is 33.4 Å². The fourth-order valence-electron chi connectivity index (χ4n) is 4.84. The van der Waals surface area contributed by atoms with Crippen LogP contribution in [0.3, 0.4) is 0 Å². The van der Waals surface area contributed by atoms with Crippen molar-refractivity contribution in [2.24, 2.45) is 0 Å². The molecule has 1 saturated heterocycles. The molecule has 0 bridgehead atoms. The zero-order valence-electron chi connectivity index (χ0n) is 21.7. The molecule has 0 unspecified atom stereocenters. The Hall–Kier alpha value is -3.17. The predicted octanol–water partition coefficient (Wildman–Crippen LogP) is 6.03. The van der Waals surface area contributed by atoms with E-state index in [0.717, 1.165) is 18.4 Å². The smallest absolute Gasteiger partial charge is 0.255 e. The van der Waals surface area contributed by atoms with Crippen molar-refractivity contribution in [1.82, 2.24) is 14.5 Å². The maximum absolute atomic E-state index is 13.8. The molecule has 208 valence electrons. The lowest BCUT2D eigenvalue weighted by molar-refractivity contribution is 0.0502. The minimum absolute atomic E-state index is 0.0377. The average molecular weight is 599 g/mol. The fraction of sp³-hybridized carbons (Fsp3) is 0.267. The molecule has 10 heteroatoms. The van der Waals surface area contributed by atoms with Crippen LogP contribution in [0.25, 0.3) is 0 Å². The zero-order chi connectivity index (χ0) is 28.1. The number of sulfone groups is 1. The van der Waals surface area contributed by atoms with E-state index in [9.17, 15) is 13.2 Å². The summed E-state index contributed by atoms with van der Waals surface area (Å²) in [6.45, 7) is 1.38. The summed E-state index contributed by atoms with van der Waals surface area (Å²) in [7, 11) is -3.80. The lowest BCUT2D eigenvalue weighted by atomic mass is 10.1. The number of halogens is 2. The Morgan fingerprint density at radius 2 is 1.70 bits per heavy atom. The molecule has 4 aromatic rings. The van der Waals surface area contributed by atoms with Crippen molar-refractivity contribution in [2.45, 2.75) is 42.9 Å². The summed E-state index contributed by atoms with van der Waals surface area (Å²) < 4.78 is 34.7. The number of aromatic nitrogens is 2. The van der Waals surface area contributed by atoms with Crippen LogP contribution in [0.5, 0.6) is 0 Å². The summed E-state index contributed by atoms with van der Waals surface area (Å²) in [4.78, 5) is 19.8. The Kier molecular flexibility index (Phi) is 8.90. The number of rotatable bonds is 10. The number of imidazole rings is 1. The van der Waals surface area contributed by atoms with Gasteiger partial charge in [-0.25, -0.2) is 13.4 Å². The number of hydrogen-bond acceptors (Lipinski definition) is 5. The molecule has 0 spiro atoms. The molecule has 2 heterocycles. The van der Waals surface area contributed by atoms with Crippen LogP contribution in [0.15, 0.2) is 90.2 Å². The fourth-order valence-corrected chi connectivity index (χ4v) is 6.82. The highest BCUT2D eigenvalue weighted by Gasteiger charge is 2.29. The van der Waals surface area contributed by atoms with E-state index in [-0.39, 0.29) is 41.0 Å². The number of ether oxygens (including phenoxy) is 1. The van der Waals surface area contributed by atoms with Crippen molar-refractivity contribution in [3.8, 4) is 0 Å². The van der Waals surface area contributed by atoms with Gasteiger partial charge < -0.3 is 14.2 Å². The Bertz CT molecular complexity index is 1570. The van der Waals surface area contributed by atoms with Crippen molar-refractivity contribution in [1.29, 1.82) is 0 Å². The number of carbonyl (C=O) groups is 1. The minimum Gasteiger partial charge on any atom is -0.376 e. The predicted molar refractivity (Wildman–Crippen MR) is 155 cm³/mol. The third-order valence-corrected chi connectivity index (χ3v) is 8.96. The number of hydrogen-bond donors (Lipinski definition) is 0. The minimum atomic E-state index is -3.80. The van der Waals surface area contributed by atoms with Gasteiger partial charge in [0, 0.05) is 18.2 Å². The molecule has 0 radical (unpaired) electrons. The Balaban J connectivity index is 1.52. The number of nitrogens with zero attached hydrogens (tertiary/aromatic N) is 3. The Morgan fingerprint density at radius 1 is 1.00 bits per heavy atom. The van der Waals surface area contributed by atoms with Crippen LogP contribution in [0.4, 0.5) is 0 Å². The van der Waals surface area contributed by atoms with E-state index in [1.165, 1.54) is 6.07 Å². The van der Waals surface area contributed by atoms with E-state index in [2.05, 4.69) is 4.98 Å². The van der Waals surface area contributed by atoms with Crippen molar-refractivity contribution >= 4 is 38.9 Å².